The number of carbonyl (C=O) groups is 1. The van der Waals surface area contributed by atoms with Crippen molar-refractivity contribution in [3.05, 3.63) is 23.9 Å². The number of aromatic nitrogens is 1. The van der Waals surface area contributed by atoms with Gasteiger partial charge in [-0.25, -0.2) is 4.98 Å². The summed E-state index contributed by atoms with van der Waals surface area (Å²) in [6.45, 7) is 3.67. The van der Waals surface area contributed by atoms with Crippen LogP contribution in [0.4, 0.5) is 5.82 Å². The summed E-state index contributed by atoms with van der Waals surface area (Å²) >= 11 is 0. The quantitative estimate of drug-likeness (QED) is 0.744. The maximum absolute atomic E-state index is 12.0. The Morgan fingerprint density at radius 3 is 3.11 bits per heavy atom. The first-order valence-electron chi connectivity index (χ1n) is 6.86. The average molecular weight is 262 g/mol. The molecule has 0 radical (unpaired) electrons. The summed E-state index contributed by atoms with van der Waals surface area (Å²) in [6.07, 6.45) is 3.82. The van der Waals surface area contributed by atoms with Crippen molar-refractivity contribution in [2.24, 2.45) is 5.92 Å². The van der Waals surface area contributed by atoms with E-state index >= 15 is 0 Å². The Morgan fingerprint density at radius 2 is 2.42 bits per heavy atom. The zero-order valence-corrected chi connectivity index (χ0v) is 11.6. The van der Waals surface area contributed by atoms with Gasteiger partial charge in [-0.15, -0.1) is 0 Å². The molecular formula is C14H22N4O. The maximum Gasteiger partial charge on any atom is 0.237 e. The first kappa shape index (κ1) is 13.8. The van der Waals surface area contributed by atoms with Crippen LogP contribution in [0.15, 0.2) is 18.3 Å². The van der Waals surface area contributed by atoms with Crippen molar-refractivity contribution in [1.29, 1.82) is 0 Å². The molecule has 1 aliphatic heterocycles. The molecule has 2 rings (SSSR count). The highest BCUT2D eigenvalue weighted by Crippen LogP contribution is 2.17. The summed E-state index contributed by atoms with van der Waals surface area (Å²) in [5, 5.41) is 9.25. The molecule has 1 saturated heterocycles. The van der Waals surface area contributed by atoms with Crippen LogP contribution in [0.1, 0.15) is 25.3 Å². The number of nitrogens with zero attached hydrogens (tertiary/aromatic N) is 1. The minimum absolute atomic E-state index is 0.0319. The molecule has 104 valence electrons. The lowest BCUT2D eigenvalue weighted by atomic mass is 10.0. The van der Waals surface area contributed by atoms with Gasteiger partial charge in [0.15, 0.2) is 0 Å². The molecular weight excluding hydrogens is 240 g/mol. The summed E-state index contributed by atoms with van der Waals surface area (Å²) in [5.41, 5.74) is 1.05. The molecule has 5 nitrogen and oxygen atoms in total. The van der Waals surface area contributed by atoms with Crippen LogP contribution in [0.5, 0.6) is 0 Å². The van der Waals surface area contributed by atoms with Gasteiger partial charge in [0.25, 0.3) is 0 Å². The van der Waals surface area contributed by atoms with Gasteiger partial charge in [0.05, 0.1) is 6.04 Å². The molecule has 1 aromatic rings. The lowest BCUT2D eigenvalue weighted by molar-refractivity contribution is -0.123. The number of carbonyl (C=O) groups excluding carboxylic acids is 1. The molecule has 0 aliphatic carbocycles. The Balaban J connectivity index is 1.83. The van der Waals surface area contributed by atoms with E-state index in [-0.39, 0.29) is 11.9 Å². The molecule has 0 saturated carbocycles. The monoisotopic (exact) mass is 262 g/mol. The Labute approximate surface area is 114 Å². The van der Waals surface area contributed by atoms with E-state index < -0.39 is 0 Å². The van der Waals surface area contributed by atoms with Gasteiger partial charge in [-0.2, -0.15) is 0 Å². The van der Waals surface area contributed by atoms with Crippen LogP contribution in [0.2, 0.25) is 0 Å². The Morgan fingerprint density at radius 1 is 1.58 bits per heavy atom. The predicted octanol–water partition coefficient (Wildman–Crippen LogP) is 1.13. The molecule has 5 heteroatoms. The van der Waals surface area contributed by atoms with E-state index in [0.29, 0.717) is 12.5 Å². The number of amides is 1. The van der Waals surface area contributed by atoms with Crippen LogP contribution in [0.3, 0.4) is 0 Å². The van der Waals surface area contributed by atoms with Crippen molar-refractivity contribution in [2.75, 3.05) is 18.9 Å². The lowest BCUT2D eigenvalue weighted by Gasteiger charge is -2.11. The fraction of sp³-hybridized carbons (Fsp3) is 0.571. The summed E-state index contributed by atoms with van der Waals surface area (Å²) in [6, 6.07) is 3.82. The van der Waals surface area contributed by atoms with Crippen molar-refractivity contribution in [1.82, 2.24) is 15.6 Å². The first-order chi connectivity index (χ1) is 9.22. The molecule has 0 spiro atoms. The van der Waals surface area contributed by atoms with E-state index in [1.807, 2.05) is 19.2 Å². The summed E-state index contributed by atoms with van der Waals surface area (Å²) < 4.78 is 0. The van der Waals surface area contributed by atoms with Crippen LogP contribution in [-0.2, 0) is 11.3 Å². The second kappa shape index (κ2) is 6.52. The number of nitrogens with one attached hydrogen (secondary N) is 3. The van der Waals surface area contributed by atoms with Crippen LogP contribution in [0, 0.1) is 5.92 Å². The SMILES string of the molecule is CCC1CNC(C(=O)NCc2ccnc(NC)c2)C1. The van der Waals surface area contributed by atoms with Crippen molar-refractivity contribution < 1.29 is 4.79 Å². The van der Waals surface area contributed by atoms with Crippen LogP contribution < -0.4 is 16.0 Å². The van der Waals surface area contributed by atoms with E-state index in [1.165, 1.54) is 0 Å². The second-order valence-corrected chi connectivity index (χ2v) is 4.99. The van der Waals surface area contributed by atoms with Gasteiger partial charge >= 0.3 is 0 Å². The van der Waals surface area contributed by atoms with Gasteiger partial charge in [0.2, 0.25) is 5.91 Å². The summed E-state index contributed by atoms with van der Waals surface area (Å²) in [7, 11) is 1.83. The summed E-state index contributed by atoms with van der Waals surface area (Å²) in [4.78, 5) is 16.2. The third kappa shape index (κ3) is 3.67. The van der Waals surface area contributed by atoms with E-state index in [1.54, 1.807) is 6.20 Å². The minimum atomic E-state index is -0.0319. The van der Waals surface area contributed by atoms with E-state index in [9.17, 15) is 4.79 Å². The number of hydrogen-bond acceptors (Lipinski definition) is 4. The maximum atomic E-state index is 12.0. The van der Waals surface area contributed by atoms with Gasteiger partial charge in [0.1, 0.15) is 5.82 Å². The Bertz CT molecular complexity index is 435. The van der Waals surface area contributed by atoms with Crippen molar-refractivity contribution >= 4 is 11.7 Å². The lowest BCUT2D eigenvalue weighted by Crippen LogP contribution is -2.40. The molecule has 19 heavy (non-hydrogen) atoms. The zero-order chi connectivity index (χ0) is 13.7. The molecule has 0 aromatic carbocycles. The average Bonchev–Trinajstić information content (AvgIpc) is 2.94. The minimum Gasteiger partial charge on any atom is -0.373 e. The van der Waals surface area contributed by atoms with Crippen molar-refractivity contribution in [3.8, 4) is 0 Å². The smallest absolute Gasteiger partial charge is 0.237 e. The standard InChI is InChI=1S/C14H22N4O/c1-3-10-6-12(17-8-10)14(19)18-9-11-4-5-16-13(7-11)15-2/h4-5,7,10,12,17H,3,6,8-9H2,1-2H3,(H,15,16)(H,18,19). The van der Waals surface area contributed by atoms with Gasteiger partial charge < -0.3 is 16.0 Å². The number of anilines is 1. The van der Waals surface area contributed by atoms with Gasteiger partial charge in [-0.05, 0) is 36.6 Å². The normalized spacial score (nSPS) is 22.2. The van der Waals surface area contributed by atoms with Gasteiger partial charge in [0, 0.05) is 19.8 Å². The van der Waals surface area contributed by atoms with E-state index in [2.05, 4.69) is 27.9 Å². The van der Waals surface area contributed by atoms with Crippen LogP contribution in [-0.4, -0.2) is 30.5 Å². The molecule has 1 amide bonds. The van der Waals surface area contributed by atoms with E-state index in [4.69, 9.17) is 0 Å². The highest BCUT2D eigenvalue weighted by atomic mass is 16.2. The third-order valence-electron chi connectivity index (χ3n) is 3.66. The highest BCUT2D eigenvalue weighted by molar-refractivity contribution is 5.82. The molecule has 1 aromatic heterocycles. The topological polar surface area (TPSA) is 66.0 Å². The highest BCUT2D eigenvalue weighted by Gasteiger charge is 2.27. The fourth-order valence-electron chi connectivity index (χ4n) is 2.35. The molecule has 2 heterocycles. The molecule has 1 fully saturated rings. The van der Waals surface area contributed by atoms with Crippen LogP contribution >= 0.6 is 0 Å². The van der Waals surface area contributed by atoms with Crippen molar-refractivity contribution in [3.63, 3.8) is 0 Å². The van der Waals surface area contributed by atoms with Crippen LogP contribution in [0.25, 0.3) is 0 Å². The molecule has 3 N–H and O–H groups in total. The second-order valence-electron chi connectivity index (χ2n) is 4.99. The van der Waals surface area contributed by atoms with Gasteiger partial charge in [-0.3, -0.25) is 4.79 Å². The zero-order valence-electron chi connectivity index (χ0n) is 11.6. The molecule has 1 aliphatic rings. The molecule has 2 unspecified atom stereocenters. The Hall–Kier alpha value is -1.62. The predicted molar refractivity (Wildman–Crippen MR) is 75.8 cm³/mol. The number of pyridine rings is 1. The fourth-order valence-corrected chi connectivity index (χ4v) is 2.35. The Kier molecular flexibility index (Phi) is 4.74. The largest absolute Gasteiger partial charge is 0.373 e. The molecule has 2 atom stereocenters. The first-order valence-corrected chi connectivity index (χ1v) is 6.86. The number of rotatable bonds is 5. The summed E-state index contributed by atoms with van der Waals surface area (Å²) in [5.74, 6) is 1.54. The van der Waals surface area contributed by atoms with Gasteiger partial charge in [-0.1, -0.05) is 13.3 Å². The third-order valence-corrected chi connectivity index (χ3v) is 3.66. The van der Waals surface area contributed by atoms with E-state index in [0.717, 1.165) is 30.8 Å². The van der Waals surface area contributed by atoms with Crippen molar-refractivity contribution in [2.45, 2.75) is 32.4 Å². The molecule has 0 bridgehead atoms. The number of hydrogen-bond donors (Lipinski definition) is 3.